The minimum atomic E-state index is -0.434. The Bertz CT molecular complexity index is 684. The first kappa shape index (κ1) is 15.1. The molecule has 1 atom stereocenters. The summed E-state index contributed by atoms with van der Waals surface area (Å²) in [7, 11) is 0. The van der Waals surface area contributed by atoms with Gasteiger partial charge in [0.2, 0.25) is 0 Å². The van der Waals surface area contributed by atoms with E-state index in [1.165, 1.54) is 4.57 Å². The zero-order chi connectivity index (χ0) is 15.1. The van der Waals surface area contributed by atoms with Crippen molar-refractivity contribution < 1.29 is 0 Å². The third kappa shape index (κ3) is 2.75. The summed E-state index contributed by atoms with van der Waals surface area (Å²) in [6.07, 6.45) is 0. The average Bonchev–Trinajstić information content (AvgIpc) is 2.72. The summed E-state index contributed by atoms with van der Waals surface area (Å²) in [6, 6.07) is 4.46. The summed E-state index contributed by atoms with van der Waals surface area (Å²) in [5, 5.41) is 7.32. The normalized spacial score (nSPS) is 13.5. The first-order valence-corrected chi connectivity index (χ1v) is 6.85. The van der Waals surface area contributed by atoms with Gasteiger partial charge in [0, 0.05) is 5.02 Å². The molecule has 2 aromatic rings. The van der Waals surface area contributed by atoms with Gasteiger partial charge in [-0.1, -0.05) is 44.0 Å². The van der Waals surface area contributed by atoms with E-state index in [1.54, 1.807) is 18.2 Å². The molecule has 0 aliphatic carbocycles. The Morgan fingerprint density at radius 3 is 2.60 bits per heavy atom. The number of benzene rings is 1. The van der Waals surface area contributed by atoms with Crippen molar-refractivity contribution in [3.63, 3.8) is 0 Å². The third-order valence-corrected chi connectivity index (χ3v) is 3.61. The van der Waals surface area contributed by atoms with Crippen LogP contribution >= 0.6 is 23.2 Å². The van der Waals surface area contributed by atoms with Crippen LogP contribution in [-0.2, 0) is 0 Å². The molecule has 0 aliphatic heterocycles. The second kappa shape index (κ2) is 5.24. The van der Waals surface area contributed by atoms with Gasteiger partial charge in [-0.25, -0.2) is 14.5 Å². The van der Waals surface area contributed by atoms with Crippen molar-refractivity contribution in [1.82, 2.24) is 14.8 Å². The topological polar surface area (TPSA) is 76.7 Å². The Morgan fingerprint density at radius 2 is 2.00 bits per heavy atom. The van der Waals surface area contributed by atoms with Crippen LogP contribution in [0.3, 0.4) is 0 Å². The Hall–Kier alpha value is -1.30. The first-order valence-electron chi connectivity index (χ1n) is 6.10. The first-order chi connectivity index (χ1) is 9.21. The zero-order valence-corrected chi connectivity index (χ0v) is 13.0. The monoisotopic (exact) mass is 314 g/mol. The van der Waals surface area contributed by atoms with Gasteiger partial charge in [0.25, 0.3) is 0 Å². The maximum absolute atomic E-state index is 12.0. The summed E-state index contributed by atoms with van der Waals surface area (Å²) >= 11 is 12.1. The zero-order valence-electron chi connectivity index (χ0n) is 11.4. The SMILES string of the molecule is CC(C)(C)[C@H](N)c1n[nH]c(=O)n1-c1cc(Cl)ccc1Cl. The van der Waals surface area contributed by atoms with Crippen molar-refractivity contribution >= 4 is 23.2 Å². The highest BCUT2D eigenvalue weighted by atomic mass is 35.5. The fraction of sp³-hybridized carbons (Fsp3) is 0.385. The van der Waals surface area contributed by atoms with Crippen molar-refractivity contribution in [2.45, 2.75) is 26.8 Å². The number of rotatable bonds is 2. The number of nitrogens with one attached hydrogen (secondary N) is 1. The predicted octanol–water partition coefficient (Wildman–Crippen LogP) is 2.91. The van der Waals surface area contributed by atoms with Crippen molar-refractivity contribution in [2.24, 2.45) is 11.1 Å². The molecule has 20 heavy (non-hydrogen) atoms. The number of hydrogen-bond donors (Lipinski definition) is 2. The van der Waals surface area contributed by atoms with E-state index in [1.807, 2.05) is 20.8 Å². The van der Waals surface area contributed by atoms with E-state index < -0.39 is 11.7 Å². The highest BCUT2D eigenvalue weighted by Gasteiger charge is 2.28. The van der Waals surface area contributed by atoms with Crippen LogP contribution < -0.4 is 11.4 Å². The fourth-order valence-corrected chi connectivity index (χ4v) is 2.16. The Morgan fingerprint density at radius 1 is 1.35 bits per heavy atom. The molecule has 108 valence electrons. The van der Waals surface area contributed by atoms with Crippen LogP contribution in [0.2, 0.25) is 10.0 Å². The second-order valence-corrected chi connectivity index (χ2v) is 6.51. The fourth-order valence-electron chi connectivity index (χ4n) is 1.80. The number of aromatic nitrogens is 3. The lowest BCUT2D eigenvalue weighted by Crippen LogP contribution is -2.31. The molecule has 0 amide bonds. The van der Waals surface area contributed by atoms with Crippen LogP contribution in [0.1, 0.15) is 32.6 Å². The molecule has 0 aliphatic rings. The van der Waals surface area contributed by atoms with E-state index in [2.05, 4.69) is 10.2 Å². The van der Waals surface area contributed by atoms with Crippen molar-refractivity contribution in [3.8, 4) is 5.69 Å². The molecular formula is C13H16Cl2N4O. The highest BCUT2D eigenvalue weighted by Crippen LogP contribution is 2.31. The standard InChI is InChI=1S/C13H16Cl2N4O/c1-13(2,3)10(16)11-17-18-12(20)19(11)9-6-7(14)4-5-8(9)15/h4-6,10H,16H2,1-3H3,(H,18,20)/t10-/m1/s1. The Kier molecular flexibility index (Phi) is 3.95. The molecule has 5 nitrogen and oxygen atoms in total. The molecule has 0 saturated heterocycles. The van der Waals surface area contributed by atoms with Crippen LogP contribution in [0.4, 0.5) is 0 Å². The van der Waals surface area contributed by atoms with E-state index in [0.717, 1.165) is 0 Å². The summed E-state index contributed by atoms with van der Waals surface area (Å²) < 4.78 is 1.37. The summed E-state index contributed by atoms with van der Waals surface area (Å²) in [4.78, 5) is 12.0. The van der Waals surface area contributed by atoms with Gasteiger partial charge in [-0.3, -0.25) is 0 Å². The maximum atomic E-state index is 12.0. The van der Waals surface area contributed by atoms with Crippen LogP contribution in [0.15, 0.2) is 23.0 Å². The predicted molar refractivity (Wildman–Crippen MR) is 80.6 cm³/mol. The molecule has 1 aromatic heterocycles. The van der Waals surface area contributed by atoms with Gasteiger partial charge < -0.3 is 5.73 Å². The third-order valence-electron chi connectivity index (χ3n) is 3.06. The second-order valence-electron chi connectivity index (χ2n) is 5.66. The molecular weight excluding hydrogens is 299 g/mol. The van der Waals surface area contributed by atoms with Crippen molar-refractivity contribution in [3.05, 3.63) is 44.6 Å². The lowest BCUT2D eigenvalue weighted by molar-refractivity contribution is 0.312. The molecule has 0 bridgehead atoms. The molecule has 3 N–H and O–H groups in total. The largest absolute Gasteiger partial charge is 0.348 e. The number of aromatic amines is 1. The van der Waals surface area contributed by atoms with Crippen LogP contribution in [0.5, 0.6) is 0 Å². The molecule has 0 radical (unpaired) electrons. The number of halogens is 2. The van der Waals surface area contributed by atoms with Gasteiger partial charge >= 0.3 is 5.69 Å². The van der Waals surface area contributed by atoms with Crippen molar-refractivity contribution in [2.75, 3.05) is 0 Å². The van der Waals surface area contributed by atoms with E-state index in [9.17, 15) is 4.79 Å². The van der Waals surface area contributed by atoms with Gasteiger partial charge in [-0.05, 0) is 23.6 Å². The number of H-pyrrole nitrogens is 1. The number of nitrogens with two attached hydrogens (primary N) is 1. The van der Waals surface area contributed by atoms with Crippen molar-refractivity contribution in [1.29, 1.82) is 0 Å². The van der Waals surface area contributed by atoms with Crippen LogP contribution in [0.25, 0.3) is 5.69 Å². The van der Waals surface area contributed by atoms with E-state index >= 15 is 0 Å². The minimum Gasteiger partial charge on any atom is -0.321 e. The lowest BCUT2D eigenvalue weighted by Gasteiger charge is -2.26. The molecule has 1 aromatic carbocycles. The van der Waals surface area contributed by atoms with Crippen LogP contribution in [0, 0.1) is 5.41 Å². The van der Waals surface area contributed by atoms with E-state index in [-0.39, 0.29) is 5.41 Å². The molecule has 1 heterocycles. The summed E-state index contributed by atoms with van der Waals surface area (Å²) in [5.41, 5.74) is 6.00. The van der Waals surface area contributed by atoms with E-state index in [4.69, 9.17) is 28.9 Å². The van der Waals surface area contributed by atoms with E-state index in [0.29, 0.717) is 21.6 Å². The average molecular weight is 315 g/mol. The number of hydrogen-bond acceptors (Lipinski definition) is 3. The quantitative estimate of drug-likeness (QED) is 0.894. The molecule has 7 heteroatoms. The highest BCUT2D eigenvalue weighted by molar-refractivity contribution is 6.34. The van der Waals surface area contributed by atoms with Gasteiger partial charge in [0.15, 0.2) is 5.82 Å². The molecule has 0 fully saturated rings. The summed E-state index contributed by atoms with van der Waals surface area (Å²) in [5.74, 6) is 0.423. The van der Waals surface area contributed by atoms with Gasteiger partial charge in [-0.2, -0.15) is 5.10 Å². The van der Waals surface area contributed by atoms with Crippen LogP contribution in [-0.4, -0.2) is 14.8 Å². The Labute approximate surface area is 126 Å². The molecule has 0 unspecified atom stereocenters. The summed E-state index contributed by atoms with van der Waals surface area (Å²) in [6.45, 7) is 5.92. The smallest absolute Gasteiger partial charge is 0.321 e. The minimum absolute atomic E-state index is 0.256. The molecule has 2 rings (SSSR count). The van der Waals surface area contributed by atoms with Gasteiger partial charge in [0.05, 0.1) is 16.8 Å². The molecule has 0 saturated carbocycles. The van der Waals surface area contributed by atoms with Gasteiger partial charge in [0.1, 0.15) is 0 Å². The Balaban J connectivity index is 2.67. The lowest BCUT2D eigenvalue weighted by atomic mass is 9.87. The maximum Gasteiger partial charge on any atom is 0.348 e. The number of nitrogens with zero attached hydrogens (tertiary/aromatic N) is 2. The molecule has 0 spiro atoms. The van der Waals surface area contributed by atoms with Gasteiger partial charge in [-0.15, -0.1) is 0 Å².